The summed E-state index contributed by atoms with van der Waals surface area (Å²) in [6, 6.07) is 12.2. The van der Waals surface area contributed by atoms with Gasteiger partial charge in [-0.15, -0.1) is 24.8 Å². The van der Waals surface area contributed by atoms with Gasteiger partial charge in [-0.25, -0.2) is 0 Å². The number of hydrogen-bond donors (Lipinski definition) is 1. The quantitative estimate of drug-likeness (QED) is 0.913. The van der Waals surface area contributed by atoms with Crippen molar-refractivity contribution in [2.24, 2.45) is 5.73 Å². The molecule has 2 N–H and O–H groups in total. The summed E-state index contributed by atoms with van der Waals surface area (Å²) in [6.07, 6.45) is 0. The lowest BCUT2D eigenvalue weighted by molar-refractivity contribution is 0.814. The van der Waals surface area contributed by atoms with Gasteiger partial charge < -0.3 is 5.73 Å². The second-order valence-electron chi connectivity index (χ2n) is 4.54. The van der Waals surface area contributed by atoms with Crippen molar-refractivity contribution in [2.45, 2.75) is 26.8 Å². The molecule has 0 aliphatic carbocycles. The number of hydrogen-bond acceptors (Lipinski definition) is 2. The summed E-state index contributed by atoms with van der Waals surface area (Å²) < 4.78 is 0. The van der Waals surface area contributed by atoms with Gasteiger partial charge in [-0.3, -0.25) is 4.98 Å². The van der Waals surface area contributed by atoms with Crippen molar-refractivity contribution in [3.8, 4) is 0 Å². The highest BCUT2D eigenvalue weighted by atomic mass is 35.5. The predicted molar refractivity (Wildman–Crippen MR) is 85.4 cm³/mol. The first kappa shape index (κ1) is 17.9. The van der Waals surface area contributed by atoms with Gasteiger partial charge >= 0.3 is 0 Å². The molecule has 0 amide bonds. The molecule has 4 heteroatoms. The van der Waals surface area contributed by atoms with E-state index in [1.165, 1.54) is 11.1 Å². The number of rotatable bonds is 2. The molecule has 0 aliphatic heterocycles. The van der Waals surface area contributed by atoms with Crippen LogP contribution in [-0.2, 0) is 0 Å². The average molecular weight is 299 g/mol. The van der Waals surface area contributed by atoms with Gasteiger partial charge in [0.1, 0.15) is 0 Å². The first-order valence-electron chi connectivity index (χ1n) is 5.84. The summed E-state index contributed by atoms with van der Waals surface area (Å²) >= 11 is 0. The van der Waals surface area contributed by atoms with E-state index in [0.29, 0.717) is 0 Å². The van der Waals surface area contributed by atoms with E-state index in [4.69, 9.17) is 5.73 Å². The van der Waals surface area contributed by atoms with Crippen molar-refractivity contribution >= 4 is 24.8 Å². The van der Waals surface area contributed by atoms with Gasteiger partial charge in [-0.05, 0) is 44.0 Å². The number of benzene rings is 1. The molecular weight excluding hydrogens is 279 g/mol. The van der Waals surface area contributed by atoms with Crippen molar-refractivity contribution in [3.05, 3.63) is 64.5 Å². The molecule has 1 aromatic carbocycles. The summed E-state index contributed by atoms with van der Waals surface area (Å²) in [4.78, 5) is 4.49. The van der Waals surface area contributed by atoms with E-state index in [9.17, 15) is 0 Å². The maximum absolute atomic E-state index is 6.27. The Kier molecular flexibility index (Phi) is 7.06. The molecule has 1 unspecified atom stereocenters. The standard InChI is InChI=1S/C15H18N2.2ClH/c1-10-7-8-13(11(2)9-10)15(16)14-6-4-5-12(3)17-14;;/h4-9,15H,16H2,1-3H3;2*1H. The molecule has 0 fully saturated rings. The first-order valence-corrected chi connectivity index (χ1v) is 5.84. The van der Waals surface area contributed by atoms with Gasteiger partial charge in [0.15, 0.2) is 0 Å². The molecule has 19 heavy (non-hydrogen) atoms. The summed E-state index contributed by atoms with van der Waals surface area (Å²) in [5.41, 5.74) is 11.8. The summed E-state index contributed by atoms with van der Waals surface area (Å²) in [5, 5.41) is 0. The average Bonchev–Trinajstić information content (AvgIpc) is 2.28. The van der Waals surface area contributed by atoms with E-state index in [1.807, 2.05) is 25.1 Å². The summed E-state index contributed by atoms with van der Waals surface area (Å²) in [6.45, 7) is 6.17. The molecule has 2 rings (SSSR count). The number of aromatic nitrogens is 1. The Balaban J connectivity index is 0.00000162. The van der Waals surface area contributed by atoms with Crippen LogP contribution in [0.4, 0.5) is 0 Å². The lowest BCUT2D eigenvalue weighted by Crippen LogP contribution is -2.15. The van der Waals surface area contributed by atoms with Gasteiger partial charge in [0, 0.05) is 5.69 Å². The van der Waals surface area contributed by atoms with Crippen LogP contribution in [0, 0.1) is 20.8 Å². The van der Waals surface area contributed by atoms with Crippen LogP contribution in [0.2, 0.25) is 0 Å². The molecule has 0 saturated carbocycles. The van der Waals surface area contributed by atoms with Crippen LogP contribution in [0.25, 0.3) is 0 Å². The molecule has 2 aromatic rings. The Bertz CT molecular complexity index is 541. The lowest BCUT2D eigenvalue weighted by Gasteiger charge is -2.15. The van der Waals surface area contributed by atoms with E-state index in [0.717, 1.165) is 17.0 Å². The van der Waals surface area contributed by atoms with Crippen LogP contribution in [0.15, 0.2) is 36.4 Å². The van der Waals surface area contributed by atoms with E-state index >= 15 is 0 Å². The van der Waals surface area contributed by atoms with E-state index in [-0.39, 0.29) is 30.9 Å². The fraction of sp³-hybridized carbons (Fsp3) is 0.267. The molecule has 0 bridgehead atoms. The third kappa shape index (κ3) is 4.20. The highest BCUT2D eigenvalue weighted by Crippen LogP contribution is 2.22. The molecular formula is C15H20Cl2N2. The zero-order chi connectivity index (χ0) is 12.4. The van der Waals surface area contributed by atoms with E-state index < -0.39 is 0 Å². The first-order chi connectivity index (χ1) is 8.08. The van der Waals surface area contributed by atoms with Gasteiger partial charge in [-0.1, -0.05) is 29.8 Å². The predicted octanol–water partition coefficient (Wildman–Crippen LogP) is 3.90. The maximum atomic E-state index is 6.27. The zero-order valence-electron chi connectivity index (χ0n) is 11.4. The lowest BCUT2D eigenvalue weighted by atomic mass is 9.97. The topological polar surface area (TPSA) is 38.9 Å². The molecule has 1 atom stereocenters. The second-order valence-corrected chi connectivity index (χ2v) is 4.54. The molecule has 0 spiro atoms. The summed E-state index contributed by atoms with van der Waals surface area (Å²) in [7, 11) is 0. The third-order valence-corrected chi connectivity index (χ3v) is 2.99. The minimum atomic E-state index is -0.143. The van der Waals surface area contributed by atoms with Gasteiger partial charge in [0.05, 0.1) is 11.7 Å². The Morgan fingerprint density at radius 1 is 1.00 bits per heavy atom. The Hall–Kier alpha value is -1.09. The zero-order valence-corrected chi connectivity index (χ0v) is 13.0. The molecule has 1 aromatic heterocycles. The Morgan fingerprint density at radius 2 is 1.68 bits per heavy atom. The largest absolute Gasteiger partial charge is 0.319 e. The third-order valence-electron chi connectivity index (χ3n) is 2.99. The number of halogens is 2. The molecule has 104 valence electrons. The normalized spacial score (nSPS) is 11.2. The minimum Gasteiger partial charge on any atom is -0.319 e. The van der Waals surface area contributed by atoms with Crippen molar-refractivity contribution < 1.29 is 0 Å². The summed E-state index contributed by atoms with van der Waals surface area (Å²) in [5.74, 6) is 0. The highest BCUT2D eigenvalue weighted by Gasteiger charge is 2.12. The fourth-order valence-corrected chi connectivity index (χ4v) is 2.07. The van der Waals surface area contributed by atoms with Crippen molar-refractivity contribution in [2.75, 3.05) is 0 Å². The van der Waals surface area contributed by atoms with Gasteiger partial charge in [-0.2, -0.15) is 0 Å². The molecule has 0 radical (unpaired) electrons. The van der Waals surface area contributed by atoms with Crippen LogP contribution in [0.5, 0.6) is 0 Å². The Morgan fingerprint density at radius 3 is 2.26 bits per heavy atom. The van der Waals surface area contributed by atoms with Crippen LogP contribution >= 0.6 is 24.8 Å². The number of nitrogens with two attached hydrogens (primary N) is 1. The van der Waals surface area contributed by atoms with E-state index in [1.54, 1.807) is 0 Å². The van der Waals surface area contributed by atoms with Gasteiger partial charge in [0.2, 0.25) is 0 Å². The Labute approximate surface area is 127 Å². The molecule has 2 nitrogen and oxygen atoms in total. The number of aryl methyl sites for hydroxylation is 3. The van der Waals surface area contributed by atoms with E-state index in [2.05, 4.69) is 37.0 Å². The van der Waals surface area contributed by atoms with Crippen LogP contribution in [0.3, 0.4) is 0 Å². The molecule has 0 saturated heterocycles. The smallest absolute Gasteiger partial charge is 0.0729 e. The minimum absolute atomic E-state index is 0. The number of nitrogens with zero attached hydrogens (tertiary/aromatic N) is 1. The SMILES string of the molecule is Cc1ccc(C(N)c2cccc(C)n2)c(C)c1.Cl.Cl. The maximum Gasteiger partial charge on any atom is 0.0729 e. The number of pyridine rings is 1. The van der Waals surface area contributed by atoms with Gasteiger partial charge in [0.25, 0.3) is 0 Å². The monoisotopic (exact) mass is 298 g/mol. The van der Waals surface area contributed by atoms with Crippen molar-refractivity contribution in [1.82, 2.24) is 4.98 Å². The van der Waals surface area contributed by atoms with Crippen LogP contribution in [0.1, 0.15) is 34.1 Å². The van der Waals surface area contributed by atoms with Crippen molar-refractivity contribution in [1.29, 1.82) is 0 Å². The fourth-order valence-electron chi connectivity index (χ4n) is 2.07. The molecule has 1 heterocycles. The highest BCUT2D eigenvalue weighted by molar-refractivity contribution is 5.85. The van der Waals surface area contributed by atoms with Crippen molar-refractivity contribution in [3.63, 3.8) is 0 Å². The van der Waals surface area contributed by atoms with Crippen LogP contribution in [-0.4, -0.2) is 4.98 Å². The molecule has 0 aliphatic rings. The van der Waals surface area contributed by atoms with Crippen LogP contribution < -0.4 is 5.73 Å². The second kappa shape index (κ2) is 7.49.